The number of aromatic nitrogens is 2. The number of nitrogens with one attached hydrogen (secondary N) is 2. The first-order chi connectivity index (χ1) is 9.24. The Morgan fingerprint density at radius 2 is 2.11 bits per heavy atom. The highest BCUT2D eigenvalue weighted by molar-refractivity contribution is 5.79. The molecule has 0 radical (unpaired) electrons. The molecule has 0 saturated carbocycles. The fourth-order valence-corrected chi connectivity index (χ4v) is 1.99. The molecule has 1 heterocycles. The van der Waals surface area contributed by atoms with Gasteiger partial charge < -0.3 is 10.3 Å². The van der Waals surface area contributed by atoms with Crippen molar-refractivity contribution in [3.8, 4) is 6.07 Å². The van der Waals surface area contributed by atoms with E-state index in [-0.39, 0.29) is 0 Å². The van der Waals surface area contributed by atoms with E-state index in [0.717, 1.165) is 16.7 Å². The van der Waals surface area contributed by atoms with Crippen molar-refractivity contribution in [1.82, 2.24) is 9.97 Å². The maximum Gasteiger partial charge on any atom is 0.205 e. The molecular formula is C15H12N4. The van der Waals surface area contributed by atoms with Gasteiger partial charge in [-0.1, -0.05) is 12.1 Å². The van der Waals surface area contributed by atoms with Crippen molar-refractivity contribution in [2.24, 2.45) is 0 Å². The zero-order valence-electron chi connectivity index (χ0n) is 10.4. The standard InChI is InChI=1S/C15H12N4/c1-10-5-6-13-14(7-10)19-15(18-13)17-12-4-2-3-11(8-12)9-16/h2-8H,1H3,(H2,17,18,19). The Kier molecular flexibility index (Phi) is 2.66. The van der Waals surface area contributed by atoms with E-state index >= 15 is 0 Å². The summed E-state index contributed by atoms with van der Waals surface area (Å²) < 4.78 is 0. The lowest BCUT2D eigenvalue weighted by Gasteiger charge is -2.01. The number of hydrogen-bond donors (Lipinski definition) is 2. The summed E-state index contributed by atoms with van der Waals surface area (Å²) in [7, 11) is 0. The number of nitrogens with zero attached hydrogens (tertiary/aromatic N) is 2. The smallest absolute Gasteiger partial charge is 0.205 e. The first-order valence-corrected chi connectivity index (χ1v) is 5.98. The van der Waals surface area contributed by atoms with Crippen LogP contribution in [0.2, 0.25) is 0 Å². The minimum Gasteiger partial charge on any atom is -0.326 e. The van der Waals surface area contributed by atoms with Crippen molar-refractivity contribution < 1.29 is 0 Å². The minimum absolute atomic E-state index is 0.622. The molecule has 0 spiro atoms. The molecule has 2 N–H and O–H groups in total. The van der Waals surface area contributed by atoms with E-state index in [0.29, 0.717) is 11.5 Å². The summed E-state index contributed by atoms with van der Waals surface area (Å²) in [6.07, 6.45) is 0. The summed E-state index contributed by atoms with van der Waals surface area (Å²) >= 11 is 0. The van der Waals surface area contributed by atoms with E-state index in [1.165, 1.54) is 5.56 Å². The van der Waals surface area contributed by atoms with Gasteiger partial charge in [0, 0.05) is 5.69 Å². The molecular weight excluding hydrogens is 236 g/mol. The topological polar surface area (TPSA) is 64.5 Å². The SMILES string of the molecule is Cc1ccc2nc(Nc3cccc(C#N)c3)[nH]c2c1. The van der Waals surface area contributed by atoms with Gasteiger partial charge in [0.2, 0.25) is 5.95 Å². The Morgan fingerprint density at radius 3 is 2.95 bits per heavy atom. The van der Waals surface area contributed by atoms with Crippen LogP contribution in [0.15, 0.2) is 42.5 Å². The molecule has 0 atom stereocenters. The maximum atomic E-state index is 8.87. The molecule has 0 amide bonds. The third-order valence-corrected chi connectivity index (χ3v) is 2.89. The highest BCUT2D eigenvalue weighted by Gasteiger charge is 2.03. The van der Waals surface area contributed by atoms with Crippen LogP contribution >= 0.6 is 0 Å². The number of benzene rings is 2. The molecule has 3 rings (SSSR count). The lowest BCUT2D eigenvalue weighted by atomic mass is 10.2. The van der Waals surface area contributed by atoms with Crippen molar-refractivity contribution in [1.29, 1.82) is 5.26 Å². The quantitative estimate of drug-likeness (QED) is 0.729. The molecule has 0 aliphatic rings. The number of anilines is 2. The molecule has 92 valence electrons. The van der Waals surface area contributed by atoms with Gasteiger partial charge in [-0.05, 0) is 42.8 Å². The Bertz CT molecular complexity index is 780. The van der Waals surface area contributed by atoms with Crippen LogP contribution in [0, 0.1) is 18.3 Å². The second-order valence-electron chi connectivity index (χ2n) is 4.42. The van der Waals surface area contributed by atoms with Crippen LogP contribution in [0.3, 0.4) is 0 Å². The third-order valence-electron chi connectivity index (χ3n) is 2.89. The maximum absolute atomic E-state index is 8.87. The summed E-state index contributed by atoms with van der Waals surface area (Å²) in [6.45, 7) is 2.05. The van der Waals surface area contributed by atoms with E-state index in [1.807, 2.05) is 31.2 Å². The predicted octanol–water partition coefficient (Wildman–Crippen LogP) is 3.49. The molecule has 0 aliphatic carbocycles. The van der Waals surface area contributed by atoms with Gasteiger partial charge in [-0.2, -0.15) is 5.26 Å². The number of hydrogen-bond acceptors (Lipinski definition) is 3. The average molecular weight is 248 g/mol. The Balaban J connectivity index is 1.94. The fourth-order valence-electron chi connectivity index (χ4n) is 1.99. The molecule has 0 unspecified atom stereocenters. The highest BCUT2D eigenvalue weighted by atomic mass is 15.1. The van der Waals surface area contributed by atoms with E-state index in [1.54, 1.807) is 12.1 Å². The molecule has 0 saturated heterocycles. The summed E-state index contributed by atoms with van der Waals surface area (Å²) in [5.74, 6) is 0.677. The third kappa shape index (κ3) is 2.26. The Morgan fingerprint density at radius 1 is 1.21 bits per heavy atom. The van der Waals surface area contributed by atoms with Crippen LogP contribution < -0.4 is 5.32 Å². The second-order valence-corrected chi connectivity index (χ2v) is 4.42. The molecule has 0 fully saturated rings. The van der Waals surface area contributed by atoms with Gasteiger partial charge in [0.1, 0.15) is 0 Å². The molecule has 19 heavy (non-hydrogen) atoms. The van der Waals surface area contributed by atoms with Gasteiger partial charge in [-0.15, -0.1) is 0 Å². The van der Waals surface area contributed by atoms with Crippen molar-refractivity contribution >= 4 is 22.7 Å². The highest BCUT2D eigenvalue weighted by Crippen LogP contribution is 2.19. The first kappa shape index (κ1) is 11.3. The van der Waals surface area contributed by atoms with Gasteiger partial charge in [0.05, 0.1) is 22.7 Å². The molecule has 3 aromatic rings. The van der Waals surface area contributed by atoms with Gasteiger partial charge in [-0.3, -0.25) is 0 Å². The average Bonchev–Trinajstić information content (AvgIpc) is 2.80. The van der Waals surface area contributed by atoms with E-state index < -0.39 is 0 Å². The van der Waals surface area contributed by atoms with Gasteiger partial charge in [0.25, 0.3) is 0 Å². The van der Waals surface area contributed by atoms with E-state index in [4.69, 9.17) is 5.26 Å². The lowest BCUT2D eigenvalue weighted by Crippen LogP contribution is -1.92. The number of aryl methyl sites for hydroxylation is 1. The monoisotopic (exact) mass is 248 g/mol. The van der Waals surface area contributed by atoms with Gasteiger partial charge in [-0.25, -0.2) is 4.98 Å². The van der Waals surface area contributed by atoms with Crippen LogP contribution in [-0.2, 0) is 0 Å². The number of fused-ring (bicyclic) bond motifs is 1. The molecule has 0 aliphatic heterocycles. The molecule has 2 aromatic carbocycles. The van der Waals surface area contributed by atoms with Crippen molar-refractivity contribution in [2.75, 3.05) is 5.32 Å². The van der Waals surface area contributed by atoms with Crippen LogP contribution in [-0.4, -0.2) is 9.97 Å². The molecule has 4 nitrogen and oxygen atoms in total. The second kappa shape index (κ2) is 4.46. The number of rotatable bonds is 2. The largest absolute Gasteiger partial charge is 0.326 e. The zero-order chi connectivity index (χ0) is 13.2. The van der Waals surface area contributed by atoms with E-state index in [2.05, 4.69) is 27.4 Å². The van der Waals surface area contributed by atoms with Gasteiger partial charge >= 0.3 is 0 Å². The molecule has 4 heteroatoms. The first-order valence-electron chi connectivity index (χ1n) is 5.98. The van der Waals surface area contributed by atoms with Crippen molar-refractivity contribution in [3.63, 3.8) is 0 Å². The van der Waals surface area contributed by atoms with Gasteiger partial charge in [0.15, 0.2) is 0 Å². The fraction of sp³-hybridized carbons (Fsp3) is 0.0667. The summed E-state index contributed by atoms with van der Waals surface area (Å²) in [6, 6.07) is 15.5. The normalized spacial score (nSPS) is 10.3. The van der Waals surface area contributed by atoms with Crippen LogP contribution in [0.5, 0.6) is 0 Å². The summed E-state index contributed by atoms with van der Waals surface area (Å²) in [4.78, 5) is 7.67. The predicted molar refractivity (Wildman–Crippen MR) is 75.3 cm³/mol. The number of nitriles is 1. The zero-order valence-corrected chi connectivity index (χ0v) is 10.4. The Hall–Kier alpha value is -2.80. The number of aromatic amines is 1. The van der Waals surface area contributed by atoms with E-state index in [9.17, 15) is 0 Å². The molecule has 0 bridgehead atoms. The van der Waals surface area contributed by atoms with Crippen LogP contribution in [0.1, 0.15) is 11.1 Å². The summed E-state index contributed by atoms with van der Waals surface area (Å²) in [5, 5.41) is 12.0. The van der Waals surface area contributed by atoms with Crippen molar-refractivity contribution in [2.45, 2.75) is 6.92 Å². The van der Waals surface area contributed by atoms with Crippen LogP contribution in [0.4, 0.5) is 11.6 Å². The lowest BCUT2D eigenvalue weighted by molar-refractivity contribution is 1.31. The number of H-pyrrole nitrogens is 1. The Labute approximate surface area is 110 Å². The molecule has 1 aromatic heterocycles. The number of imidazole rings is 1. The summed E-state index contributed by atoms with van der Waals surface area (Å²) in [5.41, 5.74) is 4.57. The minimum atomic E-state index is 0.622. The van der Waals surface area contributed by atoms with Crippen molar-refractivity contribution in [3.05, 3.63) is 53.6 Å². The van der Waals surface area contributed by atoms with Crippen LogP contribution in [0.25, 0.3) is 11.0 Å².